The summed E-state index contributed by atoms with van der Waals surface area (Å²) in [5.41, 5.74) is 0.810. The van der Waals surface area contributed by atoms with Crippen molar-refractivity contribution in [2.45, 2.75) is 27.2 Å². The van der Waals surface area contributed by atoms with Crippen LogP contribution < -0.4 is 0 Å². The van der Waals surface area contributed by atoms with Gasteiger partial charge in [0.1, 0.15) is 0 Å². The van der Waals surface area contributed by atoms with Crippen LogP contribution in [0.1, 0.15) is 27.2 Å². The SMILES string of the molecule is CC/C=C/C=C(\C)C(C)=O. The highest BCUT2D eigenvalue weighted by molar-refractivity contribution is 5.92. The normalized spacial score (nSPS) is 12.5. The van der Waals surface area contributed by atoms with Crippen LogP contribution in [0, 0.1) is 0 Å². The molecule has 0 saturated heterocycles. The van der Waals surface area contributed by atoms with Crippen molar-refractivity contribution in [1.29, 1.82) is 0 Å². The number of rotatable bonds is 3. The van der Waals surface area contributed by atoms with Crippen molar-refractivity contribution < 1.29 is 4.79 Å². The largest absolute Gasteiger partial charge is 0.295 e. The van der Waals surface area contributed by atoms with Gasteiger partial charge in [-0.3, -0.25) is 4.79 Å². The highest BCUT2D eigenvalue weighted by Crippen LogP contribution is 1.94. The molecule has 0 aromatic heterocycles. The van der Waals surface area contributed by atoms with Gasteiger partial charge in [-0.25, -0.2) is 0 Å². The predicted octanol–water partition coefficient (Wildman–Crippen LogP) is 2.49. The molecule has 0 rings (SSSR count). The molecule has 0 aromatic rings. The summed E-state index contributed by atoms with van der Waals surface area (Å²) in [6, 6.07) is 0. The first-order valence-electron chi connectivity index (χ1n) is 3.52. The Bertz CT molecular complexity index is 164. The van der Waals surface area contributed by atoms with Crippen molar-refractivity contribution >= 4 is 5.78 Å². The van der Waals surface area contributed by atoms with Gasteiger partial charge in [0.25, 0.3) is 0 Å². The third kappa shape index (κ3) is 4.07. The average molecular weight is 138 g/mol. The van der Waals surface area contributed by atoms with Crippen molar-refractivity contribution in [3.05, 3.63) is 23.8 Å². The fourth-order valence-electron chi connectivity index (χ4n) is 0.466. The van der Waals surface area contributed by atoms with Crippen LogP contribution in [0.25, 0.3) is 0 Å². The molecule has 0 bridgehead atoms. The van der Waals surface area contributed by atoms with Gasteiger partial charge in [-0.2, -0.15) is 0 Å². The van der Waals surface area contributed by atoms with Gasteiger partial charge in [0, 0.05) is 0 Å². The van der Waals surface area contributed by atoms with Crippen molar-refractivity contribution in [2.75, 3.05) is 0 Å². The van der Waals surface area contributed by atoms with Gasteiger partial charge in [-0.05, 0) is 25.8 Å². The van der Waals surface area contributed by atoms with Crippen LogP contribution in [-0.2, 0) is 4.79 Å². The van der Waals surface area contributed by atoms with Crippen LogP contribution in [0.3, 0.4) is 0 Å². The zero-order valence-electron chi connectivity index (χ0n) is 6.85. The fraction of sp³-hybridized carbons (Fsp3) is 0.444. The van der Waals surface area contributed by atoms with E-state index in [1.165, 1.54) is 0 Å². The van der Waals surface area contributed by atoms with Crippen molar-refractivity contribution in [1.82, 2.24) is 0 Å². The summed E-state index contributed by atoms with van der Waals surface area (Å²) in [7, 11) is 0. The maximum Gasteiger partial charge on any atom is 0.155 e. The Hall–Kier alpha value is -0.850. The quantitative estimate of drug-likeness (QED) is 0.432. The van der Waals surface area contributed by atoms with E-state index in [2.05, 4.69) is 6.92 Å². The maximum atomic E-state index is 10.6. The molecule has 0 unspecified atom stereocenters. The van der Waals surface area contributed by atoms with Crippen LogP contribution in [0.15, 0.2) is 23.8 Å². The van der Waals surface area contributed by atoms with E-state index in [-0.39, 0.29) is 5.78 Å². The third-order valence-corrected chi connectivity index (χ3v) is 1.27. The molecule has 10 heavy (non-hydrogen) atoms. The van der Waals surface area contributed by atoms with E-state index >= 15 is 0 Å². The zero-order valence-corrected chi connectivity index (χ0v) is 6.85. The molecule has 0 spiro atoms. The molecule has 0 saturated carbocycles. The van der Waals surface area contributed by atoms with E-state index in [0.717, 1.165) is 12.0 Å². The van der Waals surface area contributed by atoms with Gasteiger partial charge >= 0.3 is 0 Å². The Morgan fingerprint density at radius 3 is 2.40 bits per heavy atom. The number of carbonyl (C=O) groups excluding carboxylic acids is 1. The standard InChI is InChI=1S/C9H14O/c1-4-5-6-7-8(2)9(3)10/h5-7H,4H2,1-3H3/b6-5+,8-7+. The van der Waals surface area contributed by atoms with E-state index < -0.39 is 0 Å². The smallest absolute Gasteiger partial charge is 0.155 e. The van der Waals surface area contributed by atoms with E-state index in [4.69, 9.17) is 0 Å². The van der Waals surface area contributed by atoms with Gasteiger partial charge < -0.3 is 0 Å². The van der Waals surface area contributed by atoms with Gasteiger partial charge in [0.2, 0.25) is 0 Å². The third-order valence-electron chi connectivity index (χ3n) is 1.27. The molecule has 56 valence electrons. The molecule has 0 aliphatic rings. The van der Waals surface area contributed by atoms with E-state index in [9.17, 15) is 4.79 Å². The summed E-state index contributed by atoms with van der Waals surface area (Å²) in [5, 5.41) is 0. The Balaban J connectivity index is 3.92. The molecule has 0 aliphatic carbocycles. The molecule has 0 aromatic carbocycles. The summed E-state index contributed by atoms with van der Waals surface area (Å²) >= 11 is 0. The molecule has 0 atom stereocenters. The second-order valence-corrected chi connectivity index (χ2v) is 2.24. The molecule has 0 heterocycles. The summed E-state index contributed by atoms with van der Waals surface area (Å²) < 4.78 is 0. The Morgan fingerprint density at radius 1 is 1.40 bits per heavy atom. The minimum Gasteiger partial charge on any atom is -0.295 e. The van der Waals surface area contributed by atoms with Crippen LogP contribution in [0.4, 0.5) is 0 Å². The minimum absolute atomic E-state index is 0.140. The first kappa shape index (κ1) is 9.15. The molecule has 1 nitrogen and oxygen atoms in total. The Kier molecular flexibility index (Phi) is 4.55. The number of ketones is 1. The molecule has 0 radical (unpaired) electrons. The lowest BCUT2D eigenvalue weighted by Crippen LogP contribution is -1.89. The number of hydrogen-bond acceptors (Lipinski definition) is 1. The van der Waals surface area contributed by atoms with E-state index in [1.54, 1.807) is 6.92 Å². The lowest BCUT2D eigenvalue weighted by Gasteiger charge is -1.87. The summed E-state index contributed by atoms with van der Waals surface area (Å²) in [6.07, 6.45) is 6.79. The molecular formula is C9H14O. The van der Waals surface area contributed by atoms with Crippen molar-refractivity contribution in [3.8, 4) is 0 Å². The summed E-state index contributed by atoms with van der Waals surface area (Å²) in [4.78, 5) is 10.6. The van der Waals surface area contributed by atoms with Gasteiger partial charge in [-0.15, -0.1) is 0 Å². The van der Waals surface area contributed by atoms with Crippen molar-refractivity contribution in [3.63, 3.8) is 0 Å². The second-order valence-electron chi connectivity index (χ2n) is 2.24. The lowest BCUT2D eigenvalue weighted by molar-refractivity contribution is -0.113. The number of allylic oxidation sites excluding steroid dienone is 4. The Labute approximate surface area is 62.4 Å². The maximum absolute atomic E-state index is 10.6. The predicted molar refractivity (Wildman–Crippen MR) is 43.9 cm³/mol. The molecule has 0 fully saturated rings. The Morgan fingerprint density at radius 2 is 2.00 bits per heavy atom. The first-order valence-corrected chi connectivity index (χ1v) is 3.52. The van der Waals surface area contributed by atoms with Crippen LogP contribution in [-0.4, -0.2) is 5.78 Å². The van der Waals surface area contributed by atoms with E-state index in [0.29, 0.717) is 0 Å². The van der Waals surface area contributed by atoms with E-state index in [1.807, 2.05) is 25.2 Å². The molecule has 0 N–H and O–H groups in total. The molecular weight excluding hydrogens is 124 g/mol. The topological polar surface area (TPSA) is 17.1 Å². The van der Waals surface area contributed by atoms with Crippen LogP contribution >= 0.6 is 0 Å². The van der Waals surface area contributed by atoms with Crippen LogP contribution in [0.5, 0.6) is 0 Å². The van der Waals surface area contributed by atoms with Crippen molar-refractivity contribution in [2.24, 2.45) is 0 Å². The second kappa shape index (κ2) is 4.98. The lowest BCUT2D eigenvalue weighted by atomic mass is 10.2. The molecule has 0 aliphatic heterocycles. The molecule has 1 heteroatoms. The van der Waals surface area contributed by atoms with Crippen LogP contribution in [0.2, 0.25) is 0 Å². The van der Waals surface area contributed by atoms with Gasteiger partial charge in [-0.1, -0.05) is 25.2 Å². The first-order chi connectivity index (χ1) is 4.68. The highest BCUT2D eigenvalue weighted by Gasteiger charge is 1.90. The summed E-state index contributed by atoms with van der Waals surface area (Å²) in [5.74, 6) is 0.140. The van der Waals surface area contributed by atoms with Gasteiger partial charge in [0.15, 0.2) is 5.78 Å². The fourth-order valence-corrected chi connectivity index (χ4v) is 0.466. The minimum atomic E-state index is 0.140. The number of Topliss-reactive ketones (excluding diaryl/α,β-unsaturated/α-hetero) is 1. The number of hydrogen-bond donors (Lipinski definition) is 0. The highest BCUT2D eigenvalue weighted by atomic mass is 16.1. The zero-order chi connectivity index (χ0) is 7.98. The summed E-state index contributed by atoms with van der Waals surface area (Å²) in [6.45, 7) is 5.46. The van der Waals surface area contributed by atoms with Gasteiger partial charge in [0.05, 0.1) is 0 Å². The average Bonchev–Trinajstić information content (AvgIpc) is 1.88. The molecule has 0 amide bonds. The monoisotopic (exact) mass is 138 g/mol. The number of carbonyl (C=O) groups is 1.